The maximum atomic E-state index is 12.2. The van der Waals surface area contributed by atoms with Crippen LogP contribution in [0.15, 0.2) is 36.9 Å². The zero-order valence-corrected chi connectivity index (χ0v) is 14.7. The Kier molecular flexibility index (Phi) is 6.65. The second-order valence-corrected chi connectivity index (χ2v) is 6.98. The summed E-state index contributed by atoms with van der Waals surface area (Å²) in [7, 11) is 0. The molecule has 2 rings (SSSR count). The van der Waals surface area contributed by atoms with E-state index in [2.05, 4.69) is 22.3 Å². The lowest BCUT2D eigenvalue weighted by molar-refractivity contribution is -0.120. The van der Waals surface area contributed by atoms with Crippen LogP contribution in [0.4, 0.5) is 0 Å². The molecule has 2 atom stereocenters. The Morgan fingerprint density at radius 3 is 2.65 bits per heavy atom. The number of nitrogens with one attached hydrogen (secondary N) is 1. The van der Waals surface area contributed by atoms with Crippen molar-refractivity contribution < 1.29 is 4.79 Å². The van der Waals surface area contributed by atoms with Crippen LogP contribution in [-0.2, 0) is 4.79 Å². The Morgan fingerprint density at radius 1 is 1.30 bits per heavy atom. The molecule has 1 aromatic heterocycles. The fraction of sp³-hybridized carbons (Fsp3) is 0.471. The van der Waals surface area contributed by atoms with Crippen molar-refractivity contribution in [3.63, 3.8) is 0 Å². The predicted molar refractivity (Wildman–Crippen MR) is 94.7 cm³/mol. The summed E-state index contributed by atoms with van der Waals surface area (Å²) in [6.45, 7) is 6.14. The monoisotopic (exact) mass is 332 g/mol. The number of nitrogens with zero attached hydrogens (tertiary/aromatic N) is 3. The van der Waals surface area contributed by atoms with Gasteiger partial charge in [0.2, 0.25) is 5.91 Å². The first-order valence-electron chi connectivity index (χ1n) is 7.98. The van der Waals surface area contributed by atoms with Gasteiger partial charge in [-0.15, -0.1) is 11.8 Å². The highest BCUT2D eigenvalue weighted by Gasteiger charge is 2.16. The first kappa shape index (κ1) is 17.5. The summed E-state index contributed by atoms with van der Waals surface area (Å²) < 4.78 is 1.71. The summed E-state index contributed by atoms with van der Waals surface area (Å²) >= 11 is 1.72. The SMILES string of the molecule is CCCCS[C@@H](C)C(=O)N[C@H](C)c1ccc(-n2cncn2)cc1. The molecule has 0 aliphatic carbocycles. The molecule has 0 bridgehead atoms. The summed E-state index contributed by atoms with van der Waals surface area (Å²) in [5.41, 5.74) is 2.03. The molecule has 1 amide bonds. The van der Waals surface area contributed by atoms with Gasteiger partial charge in [-0.2, -0.15) is 5.10 Å². The molecular weight excluding hydrogens is 308 g/mol. The molecule has 0 aliphatic rings. The minimum Gasteiger partial charge on any atom is -0.349 e. The largest absolute Gasteiger partial charge is 0.349 e. The molecule has 0 spiro atoms. The van der Waals surface area contributed by atoms with Crippen molar-refractivity contribution in [2.45, 2.75) is 44.9 Å². The normalized spacial score (nSPS) is 13.5. The van der Waals surface area contributed by atoms with Crippen LogP contribution in [0.2, 0.25) is 0 Å². The van der Waals surface area contributed by atoms with Crippen LogP contribution in [-0.4, -0.2) is 31.7 Å². The number of carbonyl (C=O) groups excluding carboxylic acids is 1. The average Bonchev–Trinajstić information content (AvgIpc) is 3.09. The highest BCUT2D eigenvalue weighted by atomic mass is 32.2. The molecule has 0 aliphatic heterocycles. The van der Waals surface area contributed by atoms with Crippen LogP contribution < -0.4 is 5.32 Å². The summed E-state index contributed by atoms with van der Waals surface area (Å²) in [5.74, 6) is 1.13. The Balaban J connectivity index is 1.90. The minimum atomic E-state index is -0.0154. The molecule has 0 saturated heterocycles. The lowest BCUT2D eigenvalue weighted by Gasteiger charge is -2.18. The smallest absolute Gasteiger partial charge is 0.233 e. The van der Waals surface area contributed by atoms with Gasteiger partial charge in [0.25, 0.3) is 0 Å². The summed E-state index contributed by atoms with van der Waals surface area (Å²) in [6.07, 6.45) is 5.49. The first-order valence-corrected chi connectivity index (χ1v) is 9.03. The van der Waals surface area contributed by atoms with E-state index in [9.17, 15) is 4.79 Å². The number of rotatable bonds is 8. The first-order chi connectivity index (χ1) is 11.1. The van der Waals surface area contributed by atoms with Gasteiger partial charge >= 0.3 is 0 Å². The van der Waals surface area contributed by atoms with Crippen molar-refractivity contribution in [1.82, 2.24) is 20.1 Å². The van der Waals surface area contributed by atoms with Crippen molar-refractivity contribution in [3.8, 4) is 5.69 Å². The van der Waals surface area contributed by atoms with Crippen molar-refractivity contribution >= 4 is 17.7 Å². The summed E-state index contributed by atoms with van der Waals surface area (Å²) in [6, 6.07) is 7.97. The molecule has 0 saturated carbocycles. The molecule has 124 valence electrons. The lowest BCUT2D eigenvalue weighted by Crippen LogP contribution is -2.33. The van der Waals surface area contributed by atoms with Crippen LogP contribution >= 0.6 is 11.8 Å². The van der Waals surface area contributed by atoms with Crippen LogP contribution in [0, 0.1) is 0 Å². The number of benzene rings is 1. The maximum absolute atomic E-state index is 12.2. The molecule has 1 heterocycles. The van der Waals surface area contributed by atoms with Gasteiger partial charge < -0.3 is 5.32 Å². The van der Waals surface area contributed by atoms with Crippen molar-refractivity contribution in [2.24, 2.45) is 0 Å². The number of amides is 1. The lowest BCUT2D eigenvalue weighted by atomic mass is 10.1. The number of unbranched alkanes of at least 4 members (excludes halogenated alkanes) is 1. The number of hydrogen-bond donors (Lipinski definition) is 1. The predicted octanol–water partition coefficient (Wildman–Crippen LogP) is 3.37. The van der Waals surface area contributed by atoms with Crippen LogP contribution in [0.25, 0.3) is 5.69 Å². The Hall–Kier alpha value is -1.82. The molecule has 0 unspecified atom stereocenters. The third-order valence-corrected chi connectivity index (χ3v) is 4.91. The third-order valence-electron chi connectivity index (χ3n) is 3.67. The van der Waals surface area contributed by atoms with E-state index in [1.807, 2.05) is 38.1 Å². The van der Waals surface area contributed by atoms with Gasteiger partial charge in [0, 0.05) is 0 Å². The maximum Gasteiger partial charge on any atom is 0.233 e. The third kappa shape index (κ3) is 5.10. The van der Waals surface area contributed by atoms with Crippen molar-refractivity contribution in [3.05, 3.63) is 42.5 Å². The Morgan fingerprint density at radius 2 is 2.04 bits per heavy atom. The van der Waals surface area contributed by atoms with Crippen LogP contribution in [0.5, 0.6) is 0 Å². The van der Waals surface area contributed by atoms with E-state index in [1.54, 1.807) is 22.8 Å². The number of hydrogen-bond acceptors (Lipinski definition) is 4. The summed E-state index contributed by atoms with van der Waals surface area (Å²) in [4.78, 5) is 16.2. The highest BCUT2D eigenvalue weighted by Crippen LogP contribution is 2.18. The average molecular weight is 332 g/mol. The molecule has 1 N–H and O–H groups in total. The van der Waals surface area contributed by atoms with E-state index in [0.29, 0.717) is 0 Å². The van der Waals surface area contributed by atoms with Crippen molar-refractivity contribution in [2.75, 3.05) is 5.75 Å². The number of thioether (sulfide) groups is 1. The molecule has 0 fully saturated rings. The van der Waals surface area contributed by atoms with E-state index in [4.69, 9.17) is 0 Å². The quantitative estimate of drug-likeness (QED) is 0.753. The van der Waals surface area contributed by atoms with Gasteiger partial charge in [-0.25, -0.2) is 9.67 Å². The van der Waals surface area contributed by atoms with Gasteiger partial charge in [0.05, 0.1) is 17.0 Å². The fourth-order valence-electron chi connectivity index (χ4n) is 2.15. The fourth-order valence-corrected chi connectivity index (χ4v) is 3.18. The topological polar surface area (TPSA) is 59.8 Å². The van der Waals surface area contributed by atoms with Gasteiger partial charge in [-0.3, -0.25) is 4.79 Å². The van der Waals surface area contributed by atoms with Gasteiger partial charge in [0.15, 0.2) is 0 Å². The molecule has 23 heavy (non-hydrogen) atoms. The highest BCUT2D eigenvalue weighted by molar-refractivity contribution is 8.00. The number of carbonyl (C=O) groups is 1. The zero-order valence-electron chi connectivity index (χ0n) is 13.9. The van der Waals surface area contributed by atoms with Gasteiger partial charge in [-0.05, 0) is 43.7 Å². The molecule has 0 radical (unpaired) electrons. The second-order valence-electron chi connectivity index (χ2n) is 5.53. The van der Waals surface area contributed by atoms with Gasteiger partial charge in [0.1, 0.15) is 12.7 Å². The number of aromatic nitrogens is 3. The van der Waals surface area contributed by atoms with Crippen LogP contribution in [0.3, 0.4) is 0 Å². The minimum absolute atomic E-state index is 0.0125. The Bertz CT molecular complexity index is 598. The second kappa shape index (κ2) is 8.72. The van der Waals surface area contributed by atoms with Gasteiger partial charge in [-0.1, -0.05) is 25.5 Å². The van der Waals surface area contributed by atoms with Crippen LogP contribution in [0.1, 0.15) is 45.2 Å². The molecular formula is C17H24N4OS. The Labute approximate surface area is 141 Å². The van der Waals surface area contributed by atoms with E-state index in [-0.39, 0.29) is 17.2 Å². The standard InChI is InChI=1S/C17H24N4OS/c1-4-5-10-23-14(3)17(22)20-13(2)15-6-8-16(9-7-15)21-12-18-11-19-21/h6-9,11-14H,4-5,10H2,1-3H3,(H,20,22)/t13-,14+/m1/s1. The van der Waals surface area contributed by atoms with E-state index in [0.717, 1.165) is 29.8 Å². The molecule has 6 heteroatoms. The zero-order chi connectivity index (χ0) is 16.7. The van der Waals surface area contributed by atoms with E-state index >= 15 is 0 Å². The molecule has 1 aromatic carbocycles. The molecule has 5 nitrogen and oxygen atoms in total. The molecule has 2 aromatic rings. The van der Waals surface area contributed by atoms with Crippen molar-refractivity contribution in [1.29, 1.82) is 0 Å². The van der Waals surface area contributed by atoms with E-state index < -0.39 is 0 Å². The van der Waals surface area contributed by atoms with E-state index in [1.165, 1.54) is 6.33 Å². The summed E-state index contributed by atoms with van der Waals surface area (Å²) in [5, 5.41) is 7.17.